The van der Waals surface area contributed by atoms with E-state index >= 15 is 0 Å². The van der Waals surface area contributed by atoms with E-state index in [4.69, 9.17) is 15.2 Å². The van der Waals surface area contributed by atoms with Crippen LogP contribution in [0.1, 0.15) is 31.2 Å². The molecule has 2 rings (SSSR count). The number of carbonyl (C=O) groups excluding carboxylic acids is 1. The summed E-state index contributed by atoms with van der Waals surface area (Å²) in [4.78, 5) is 13.2. The maximum Gasteiger partial charge on any atom is 0.323 e. The van der Waals surface area contributed by atoms with Crippen molar-refractivity contribution in [1.82, 2.24) is 20.4 Å². The first-order chi connectivity index (χ1) is 13.4. The van der Waals surface area contributed by atoms with Gasteiger partial charge in [-0.2, -0.15) is 8.78 Å². The molecule has 0 bridgehead atoms. The van der Waals surface area contributed by atoms with Crippen LogP contribution in [0, 0.1) is 16.6 Å². The Morgan fingerprint density at radius 2 is 2.18 bits per heavy atom. The Balaban J connectivity index is 2.23. The molecule has 0 aliphatic heterocycles. The predicted octanol–water partition coefficient (Wildman–Crippen LogP) is 4.01. The quantitative estimate of drug-likeness (QED) is 0.467. The van der Waals surface area contributed by atoms with Gasteiger partial charge in [-0.15, -0.1) is 10.2 Å². The van der Waals surface area contributed by atoms with Gasteiger partial charge in [0, 0.05) is 17.7 Å². The van der Waals surface area contributed by atoms with Crippen LogP contribution in [0.5, 0.6) is 0 Å². The van der Waals surface area contributed by atoms with Crippen molar-refractivity contribution in [2.24, 2.45) is 0 Å². The molecule has 0 saturated carbocycles. The van der Waals surface area contributed by atoms with Crippen molar-refractivity contribution in [3.63, 3.8) is 0 Å². The minimum atomic E-state index is -2.93. The standard InChI is InChI=1S/C16H17F3N6O2S/c1-2-5-22-16(26)25(15(21)28-8-20)7-10-4-3-9(6-11(10)17)13-23-24-14(27-13)12(18)19/h3-4,6,8,12,20-21H,2,5,7H2,1H3,(H,22,26). The molecule has 0 fully saturated rings. The van der Waals surface area contributed by atoms with Crippen molar-refractivity contribution < 1.29 is 22.4 Å². The van der Waals surface area contributed by atoms with Crippen LogP contribution in [0.15, 0.2) is 22.6 Å². The highest BCUT2D eigenvalue weighted by molar-refractivity contribution is 8.24. The van der Waals surface area contributed by atoms with Gasteiger partial charge < -0.3 is 15.1 Å². The Bertz CT molecular complexity index is 861. The number of nitrogens with one attached hydrogen (secondary N) is 3. The fourth-order valence-corrected chi connectivity index (χ4v) is 2.49. The molecule has 28 heavy (non-hydrogen) atoms. The highest BCUT2D eigenvalue weighted by atomic mass is 32.2. The Hall–Kier alpha value is -2.89. The molecule has 0 atom stereocenters. The van der Waals surface area contributed by atoms with E-state index < -0.39 is 24.2 Å². The largest absolute Gasteiger partial charge is 0.415 e. The lowest BCUT2D eigenvalue weighted by Crippen LogP contribution is -2.42. The molecule has 0 aliphatic carbocycles. The van der Waals surface area contributed by atoms with Crippen molar-refractivity contribution in [1.29, 1.82) is 10.8 Å². The number of hydrogen-bond donors (Lipinski definition) is 3. The van der Waals surface area contributed by atoms with Crippen molar-refractivity contribution in [3.05, 3.63) is 35.5 Å². The Morgan fingerprint density at radius 1 is 1.43 bits per heavy atom. The number of thioether (sulfide) groups is 1. The summed E-state index contributed by atoms with van der Waals surface area (Å²) >= 11 is 0.695. The third kappa shape index (κ3) is 5.31. The van der Waals surface area contributed by atoms with E-state index in [-0.39, 0.29) is 28.7 Å². The number of hydrogen-bond acceptors (Lipinski definition) is 7. The zero-order valence-corrected chi connectivity index (χ0v) is 15.5. The number of urea groups is 1. The van der Waals surface area contributed by atoms with E-state index in [0.717, 1.165) is 16.5 Å². The minimum Gasteiger partial charge on any atom is -0.415 e. The molecule has 150 valence electrons. The van der Waals surface area contributed by atoms with Crippen LogP contribution in [0.25, 0.3) is 11.5 Å². The normalized spacial score (nSPS) is 10.8. The van der Waals surface area contributed by atoms with E-state index in [9.17, 15) is 18.0 Å². The fourth-order valence-electron chi connectivity index (χ4n) is 2.10. The van der Waals surface area contributed by atoms with E-state index in [1.165, 1.54) is 12.1 Å². The van der Waals surface area contributed by atoms with Crippen LogP contribution in [0.2, 0.25) is 0 Å². The summed E-state index contributed by atoms with van der Waals surface area (Å²) in [6, 6.07) is 3.15. The molecule has 2 aromatic rings. The molecular formula is C16H17F3N6O2S. The average Bonchev–Trinajstić information content (AvgIpc) is 3.15. The van der Waals surface area contributed by atoms with Crippen molar-refractivity contribution >= 4 is 28.5 Å². The fraction of sp³-hybridized carbons (Fsp3) is 0.312. The first kappa shape index (κ1) is 21.4. The van der Waals surface area contributed by atoms with Gasteiger partial charge in [0.15, 0.2) is 5.17 Å². The molecule has 8 nitrogen and oxygen atoms in total. The third-order valence-electron chi connectivity index (χ3n) is 3.44. The van der Waals surface area contributed by atoms with Crippen LogP contribution in [0.3, 0.4) is 0 Å². The molecule has 0 radical (unpaired) electrons. The number of amides is 2. The molecule has 0 unspecified atom stereocenters. The molecule has 12 heteroatoms. The SMILES string of the molecule is CCCNC(=O)N(Cc1ccc(-c2nnc(C(F)F)o2)cc1F)C(=N)SC=N. The summed E-state index contributed by atoms with van der Waals surface area (Å²) < 4.78 is 44.4. The number of rotatable bonds is 7. The maximum absolute atomic E-state index is 14.5. The van der Waals surface area contributed by atoms with E-state index in [1.54, 1.807) is 0 Å². The van der Waals surface area contributed by atoms with Crippen LogP contribution in [-0.4, -0.2) is 38.4 Å². The lowest BCUT2D eigenvalue weighted by Gasteiger charge is -2.22. The van der Waals surface area contributed by atoms with Gasteiger partial charge in [0.05, 0.1) is 12.1 Å². The average molecular weight is 414 g/mol. The van der Waals surface area contributed by atoms with Gasteiger partial charge in [-0.05, 0) is 30.3 Å². The zero-order valence-electron chi connectivity index (χ0n) is 14.7. The minimum absolute atomic E-state index is 0.0827. The molecular weight excluding hydrogens is 397 g/mol. The first-order valence-electron chi connectivity index (χ1n) is 8.07. The highest BCUT2D eigenvalue weighted by Gasteiger charge is 2.22. The molecule has 0 spiro atoms. The number of carbonyl (C=O) groups is 1. The van der Waals surface area contributed by atoms with Gasteiger partial charge in [-0.3, -0.25) is 10.3 Å². The van der Waals surface area contributed by atoms with Crippen LogP contribution < -0.4 is 5.32 Å². The number of alkyl halides is 2. The summed E-state index contributed by atoms with van der Waals surface area (Å²) in [6.07, 6.45) is -2.25. The summed E-state index contributed by atoms with van der Waals surface area (Å²) in [5, 5.41) is 24.0. The first-order valence-corrected chi connectivity index (χ1v) is 8.95. The second-order valence-corrected chi connectivity index (χ2v) is 6.27. The second-order valence-electron chi connectivity index (χ2n) is 5.41. The smallest absolute Gasteiger partial charge is 0.323 e. The van der Waals surface area contributed by atoms with Crippen LogP contribution in [0.4, 0.5) is 18.0 Å². The van der Waals surface area contributed by atoms with Gasteiger partial charge in [0.2, 0.25) is 5.89 Å². The maximum atomic E-state index is 14.5. The number of amidine groups is 1. The van der Waals surface area contributed by atoms with Gasteiger partial charge in [0.25, 0.3) is 5.89 Å². The van der Waals surface area contributed by atoms with Gasteiger partial charge in [-0.1, -0.05) is 13.0 Å². The summed E-state index contributed by atoms with van der Waals surface area (Å²) in [5.41, 5.74) is 1.07. The number of nitrogens with zero attached hydrogens (tertiary/aromatic N) is 3. The highest BCUT2D eigenvalue weighted by Crippen LogP contribution is 2.25. The van der Waals surface area contributed by atoms with Crippen molar-refractivity contribution in [2.75, 3.05) is 6.54 Å². The molecule has 1 aromatic heterocycles. The monoisotopic (exact) mass is 414 g/mol. The lowest BCUT2D eigenvalue weighted by molar-refractivity contribution is 0.116. The van der Waals surface area contributed by atoms with Crippen molar-refractivity contribution in [3.8, 4) is 11.5 Å². The molecule has 1 heterocycles. The Kier molecular flexibility index (Phi) is 7.55. The summed E-state index contributed by atoms with van der Waals surface area (Å²) in [7, 11) is 0. The van der Waals surface area contributed by atoms with E-state index in [1.807, 2.05) is 6.92 Å². The van der Waals surface area contributed by atoms with Crippen LogP contribution in [-0.2, 0) is 6.54 Å². The number of aromatic nitrogens is 2. The lowest BCUT2D eigenvalue weighted by atomic mass is 10.1. The molecule has 2 amide bonds. The van der Waals surface area contributed by atoms with E-state index in [2.05, 4.69) is 15.5 Å². The van der Waals surface area contributed by atoms with Gasteiger partial charge >= 0.3 is 12.5 Å². The van der Waals surface area contributed by atoms with E-state index in [0.29, 0.717) is 24.7 Å². The molecule has 3 N–H and O–H groups in total. The number of benzene rings is 1. The van der Waals surface area contributed by atoms with Crippen LogP contribution >= 0.6 is 11.8 Å². The topological polar surface area (TPSA) is 119 Å². The Morgan fingerprint density at radius 3 is 2.75 bits per heavy atom. The van der Waals surface area contributed by atoms with Crippen molar-refractivity contribution in [2.45, 2.75) is 26.3 Å². The third-order valence-corrected chi connectivity index (χ3v) is 4.00. The molecule has 0 aliphatic rings. The summed E-state index contributed by atoms with van der Waals surface area (Å²) in [5.74, 6) is -1.86. The zero-order chi connectivity index (χ0) is 20.7. The predicted molar refractivity (Wildman–Crippen MR) is 98.0 cm³/mol. The molecule has 1 aromatic carbocycles. The number of halogens is 3. The second kappa shape index (κ2) is 9.88. The Labute approximate surface area is 162 Å². The van der Waals surface area contributed by atoms with Gasteiger partial charge in [0.1, 0.15) is 5.82 Å². The molecule has 0 saturated heterocycles. The van der Waals surface area contributed by atoms with Gasteiger partial charge in [-0.25, -0.2) is 9.18 Å². The summed E-state index contributed by atoms with van der Waals surface area (Å²) in [6.45, 7) is 1.98.